The molecule has 4 nitrogen and oxygen atoms in total. The van der Waals surface area contributed by atoms with Gasteiger partial charge < -0.3 is 19.9 Å². The SMILES string of the molecule is OC1c2ccc(OCc3ccccc3)c(OCc3ccccc3)c2CCC1NCc1ccccc1. The topological polar surface area (TPSA) is 50.7 Å². The Balaban J connectivity index is 1.37. The second kappa shape index (κ2) is 11.2. The first-order valence-electron chi connectivity index (χ1n) is 12.2. The fourth-order valence-electron chi connectivity index (χ4n) is 4.63. The largest absolute Gasteiger partial charge is 0.485 e. The Labute approximate surface area is 207 Å². The van der Waals surface area contributed by atoms with Gasteiger partial charge in [0.1, 0.15) is 13.2 Å². The molecule has 0 bridgehead atoms. The van der Waals surface area contributed by atoms with Gasteiger partial charge in [-0.2, -0.15) is 0 Å². The summed E-state index contributed by atoms with van der Waals surface area (Å²) < 4.78 is 12.6. The van der Waals surface area contributed by atoms with Crippen LogP contribution in [0.25, 0.3) is 0 Å². The third-order valence-electron chi connectivity index (χ3n) is 6.54. The van der Waals surface area contributed by atoms with Crippen molar-refractivity contribution in [3.63, 3.8) is 0 Å². The standard InChI is InChI=1S/C31H31NO3/c33-30-26-17-19-29(34-21-24-12-6-2-7-13-24)31(35-22-25-14-8-3-9-15-25)27(26)16-18-28(30)32-20-23-10-4-1-5-11-23/h1-15,17,19,28,30,32-33H,16,18,20-22H2. The molecule has 178 valence electrons. The summed E-state index contributed by atoms with van der Waals surface area (Å²) in [7, 11) is 0. The van der Waals surface area contributed by atoms with Gasteiger partial charge in [-0.3, -0.25) is 0 Å². The number of ether oxygens (including phenoxy) is 2. The van der Waals surface area contributed by atoms with Crippen LogP contribution in [0, 0.1) is 0 Å². The van der Waals surface area contributed by atoms with Crippen molar-refractivity contribution in [3.8, 4) is 11.5 Å². The number of hydrogen-bond acceptors (Lipinski definition) is 4. The highest BCUT2D eigenvalue weighted by Gasteiger charge is 2.31. The molecule has 0 spiro atoms. The van der Waals surface area contributed by atoms with E-state index in [0.717, 1.165) is 47.4 Å². The first kappa shape index (κ1) is 23.2. The Hall–Kier alpha value is -3.60. The molecule has 0 aromatic heterocycles. The smallest absolute Gasteiger partial charge is 0.165 e. The van der Waals surface area contributed by atoms with E-state index in [1.807, 2.05) is 66.7 Å². The Morgan fingerprint density at radius 1 is 0.686 bits per heavy atom. The van der Waals surface area contributed by atoms with Crippen molar-refractivity contribution in [2.24, 2.45) is 0 Å². The first-order valence-corrected chi connectivity index (χ1v) is 12.2. The van der Waals surface area contributed by atoms with E-state index >= 15 is 0 Å². The molecule has 0 fully saturated rings. The average Bonchev–Trinajstić information content (AvgIpc) is 2.92. The Morgan fingerprint density at radius 2 is 1.26 bits per heavy atom. The lowest BCUT2D eigenvalue weighted by atomic mass is 9.85. The third-order valence-corrected chi connectivity index (χ3v) is 6.54. The highest BCUT2D eigenvalue weighted by molar-refractivity contribution is 5.53. The van der Waals surface area contributed by atoms with Gasteiger partial charge in [0.2, 0.25) is 0 Å². The lowest BCUT2D eigenvalue weighted by Crippen LogP contribution is -2.38. The van der Waals surface area contributed by atoms with Crippen molar-refractivity contribution in [1.82, 2.24) is 5.32 Å². The van der Waals surface area contributed by atoms with Crippen LogP contribution in [0.2, 0.25) is 0 Å². The average molecular weight is 466 g/mol. The van der Waals surface area contributed by atoms with Crippen LogP contribution in [0.5, 0.6) is 11.5 Å². The predicted molar refractivity (Wildman–Crippen MR) is 138 cm³/mol. The van der Waals surface area contributed by atoms with Gasteiger partial charge in [-0.1, -0.05) is 97.1 Å². The van der Waals surface area contributed by atoms with Crippen molar-refractivity contribution in [3.05, 3.63) is 131 Å². The highest BCUT2D eigenvalue weighted by atomic mass is 16.5. The van der Waals surface area contributed by atoms with Crippen LogP contribution >= 0.6 is 0 Å². The molecular weight excluding hydrogens is 434 g/mol. The maximum Gasteiger partial charge on any atom is 0.165 e. The van der Waals surface area contributed by atoms with E-state index in [2.05, 4.69) is 41.7 Å². The van der Waals surface area contributed by atoms with Gasteiger partial charge in [0.15, 0.2) is 11.5 Å². The van der Waals surface area contributed by atoms with Crippen LogP contribution in [0.4, 0.5) is 0 Å². The molecule has 2 unspecified atom stereocenters. The number of aliphatic hydroxyl groups excluding tert-OH is 1. The monoisotopic (exact) mass is 465 g/mol. The van der Waals surface area contributed by atoms with Gasteiger partial charge in [-0.05, 0) is 41.2 Å². The maximum atomic E-state index is 11.2. The van der Waals surface area contributed by atoms with E-state index in [0.29, 0.717) is 19.0 Å². The molecular formula is C31H31NO3. The minimum absolute atomic E-state index is 0.0132. The predicted octanol–water partition coefficient (Wildman–Crippen LogP) is 5.98. The second-order valence-corrected chi connectivity index (χ2v) is 8.97. The normalized spacial score (nSPS) is 16.9. The molecule has 0 amide bonds. The number of benzene rings is 4. The zero-order chi connectivity index (χ0) is 23.9. The summed E-state index contributed by atoms with van der Waals surface area (Å²) in [6.45, 7) is 1.64. The lowest BCUT2D eigenvalue weighted by molar-refractivity contribution is 0.112. The third kappa shape index (κ3) is 5.73. The molecule has 0 radical (unpaired) electrons. The van der Waals surface area contributed by atoms with E-state index in [9.17, 15) is 5.11 Å². The van der Waals surface area contributed by atoms with Crippen molar-refractivity contribution < 1.29 is 14.6 Å². The van der Waals surface area contributed by atoms with E-state index in [-0.39, 0.29) is 6.04 Å². The van der Waals surface area contributed by atoms with E-state index in [1.165, 1.54) is 5.56 Å². The molecule has 2 N–H and O–H groups in total. The molecule has 2 atom stereocenters. The van der Waals surface area contributed by atoms with Crippen molar-refractivity contribution in [2.45, 2.75) is 44.7 Å². The molecule has 35 heavy (non-hydrogen) atoms. The quantitative estimate of drug-likeness (QED) is 0.319. The van der Waals surface area contributed by atoms with Crippen molar-refractivity contribution in [1.29, 1.82) is 0 Å². The van der Waals surface area contributed by atoms with E-state index in [4.69, 9.17) is 9.47 Å². The zero-order valence-electron chi connectivity index (χ0n) is 19.8. The minimum Gasteiger partial charge on any atom is -0.485 e. The van der Waals surface area contributed by atoms with Crippen LogP contribution < -0.4 is 14.8 Å². The van der Waals surface area contributed by atoms with Gasteiger partial charge in [0, 0.05) is 18.2 Å². The summed E-state index contributed by atoms with van der Waals surface area (Å²) in [5.41, 5.74) is 5.36. The molecule has 0 saturated heterocycles. The number of rotatable bonds is 9. The highest BCUT2D eigenvalue weighted by Crippen LogP contribution is 2.42. The summed E-state index contributed by atoms with van der Waals surface area (Å²) in [6, 6.07) is 34.5. The number of hydrogen-bond donors (Lipinski definition) is 2. The fourth-order valence-corrected chi connectivity index (χ4v) is 4.63. The molecule has 1 aliphatic carbocycles. The van der Waals surface area contributed by atoms with E-state index in [1.54, 1.807) is 0 Å². The maximum absolute atomic E-state index is 11.2. The molecule has 0 heterocycles. The van der Waals surface area contributed by atoms with Crippen LogP contribution in [0.3, 0.4) is 0 Å². The van der Waals surface area contributed by atoms with Gasteiger partial charge in [-0.25, -0.2) is 0 Å². The first-order chi connectivity index (χ1) is 17.3. The van der Waals surface area contributed by atoms with Gasteiger partial charge in [0.05, 0.1) is 6.10 Å². The van der Waals surface area contributed by atoms with Crippen LogP contribution in [-0.2, 0) is 26.2 Å². The summed E-state index contributed by atoms with van der Waals surface area (Å²) in [5.74, 6) is 1.45. The summed E-state index contributed by atoms with van der Waals surface area (Å²) in [4.78, 5) is 0. The number of fused-ring (bicyclic) bond motifs is 1. The molecule has 4 heteroatoms. The molecule has 4 aromatic carbocycles. The van der Waals surface area contributed by atoms with Crippen LogP contribution in [-0.4, -0.2) is 11.1 Å². The Kier molecular flexibility index (Phi) is 7.42. The fraction of sp³-hybridized carbons (Fsp3) is 0.226. The van der Waals surface area contributed by atoms with E-state index < -0.39 is 6.10 Å². The summed E-state index contributed by atoms with van der Waals surface area (Å²) in [5, 5.41) is 14.8. The molecule has 4 aromatic rings. The lowest BCUT2D eigenvalue weighted by Gasteiger charge is -2.32. The van der Waals surface area contributed by atoms with Gasteiger partial charge in [0.25, 0.3) is 0 Å². The Bertz CT molecular complexity index is 1210. The zero-order valence-corrected chi connectivity index (χ0v) is 19.8. The molecule has 1 aliphatic rings. The van der Waals surface area contributed by atoms with Crippen molar-refractivity contribution >= 4 is 0 Å². The van der Waals surface area contributed by atoms with Crippen LogP contribution in [0.1, 0.15) is 40.3 Å². The van der Waals surface area contributed by atoms with Crippen molar-refractivity contribution in [2.75, 3.05) is 0 Å². The number of nitrogens with one attached hydrogen (secondary N) is 1. The number of aliphatic hydroxyl groups is 1. The molecule has 5 rings (SSSR count). The minimum atomic E-state index is -0.607. The molecule has 0 saturated carbocycles. The second-order valence-electron chi connectivity index (χ2n) is 8.97. The molecule has 0 aliphatic heterocycles. The summed E-state index contributed by atoms with van der Waals surface area (Å²) in [6.07, 6.45) is 1.03. The van der Waals surface area contributed by atoms with Crippen LogP contribution in [0.15, 0.2) is 103 Å². The van der Waals surface area contributed by atoms with Gasteiger partial charge >= 0.3 is 0 Å². The summed E-state index contributed by atoms with van der Waals surface area (Å²) >= 11 is 0. The Morgan fingerprint density at radius 3 is 1.89 bits per heavy atom. The van der Waals surface area contributed by atoms with Gasteiger partial charge in [-0.15, -0.1) is 0 Å².